The summed E-state index contributed by atoms with van der Waals surface area (Å²) in [4.78, 5) is 20.7. The third-order valence-corrected chi connectivity index (χ3v) is 4.21. The van der Waals surface area contributed by atoms with Gasteiger partial charge in [-0.1, -0.05) is 13.8 Å². The van der Waals surface area contributed by atoms with Crippen LogP contribution in [0.5, 0.6) is 0 Å². The van der Waals surface area contributed by atoms with Gasteiger partial charge in [0.2, 0.25) is 0 Å². The van der Waals surface area contributed by atoms with Crippen LogP contribution in [0.3, 0.4) is 0 Å². The Balaban J connectivity index is 1.86. The molecule has 0 aliphatic carbocycles. The Morgan fingerprint density at radius 3 is 2.95 bits per heavy atom. The van der Waals surface area contributed by atoms with Crippen LogP contribution in [-0.4, -0.2) is 35.0 Å². The normalized spacial score (nSPS) is 23.1. The van der Waals surface area contributed by atoms with Crippen LogP contribution in [0.2, 0.25) is 0 Å². The van der Waals surface area contributed by atoms with Crippen molar-refractivity contribution >= 4 is 11.8 Å². The summed E-state index contributed by atoms with van der Waals surface area (Å²) < 4.78 is 0. The largest absolute Gasteiger partial charge is 0.326 e. The van der Waals surface area contributed by atoms with Crippen LogP contribution in [0.1, 0.15) is 44.6 Å². The number of fused-ring (bicyclic) bond motifs is 1. The number of carbonyl (C=O) groups excluding carboxylic acids is 1. The molecule has 1 atom stereocenters. The molecule has 3 rings (SSSR count). The van der Waals surface area contributed by atoms with E-state index in [9.17, 15) is 4.79 Å². The summed E-state index contributed by atoms with van der Waals surface area (Å²) in [6, 6.07) is 4.62. The summed E-state index contributed by atoms with van der Waals surface area (Å²) in [6.45, 7) is 6.03. The van der Waals surface area contributed by atoms with Crippen molar-refractivity contribution in [3.63, 3.8) is 0 Å². The van der Waals surface area contributed by atoms with Crippen molar-refractivity contribution < 1.29 is 4.79 Å². The van der Waals surface area contributed by atoms with E-state index in [0.717, 1.165) is 31.7 Å². The number of anilines is 1. The molecule has 2 aliphatic heterocycles. The van der Waals surface area contributed by atoms with E-state index in [1.54, 1.807) is 0 Å². The molecule has 102 valence electrons. The van der Waals surface area contributed by atoms with Gasteiger partial charge in [-0.2, -0.15) is 0 Å². The van der Waals surface area contributed by atoms with E-state index in [-0.39, 0.29) is 6.03 Å². The first kappa shape index (κ1) is 12.5. The van der Waals surface area contributed by atoms with Crippen LogP contribution >= 0.6 is 0 Å². The Labute approximate surface area is 114 Å². The Bertz CT molecular complexity index is 486. The molecule has 1 aromatic heterocycles. The van der Waals surface area contributed by atoms with Gasteiger partial charge in [-0.3, -0.25) is 4.90 Å². The van der Waals surface area contributed by atoms with Crippen LogP contribution in [0, 0.1) is 0 Å². The van der Waals surface area contributed by atoms with E-state index in [4.69, 9.17) is 0 Å². The highest BCUT2D eigenvalue weighted by Gasteiger charge is 2.39. The summed E-state index contributed by atoms with van der Waals surface area (Å²) in [5, 5.41) is 0. The Kier molecular flexibility index (Phi) is 3.17. The van der Waals surface area contributed by atoms with E-state index in [1.807, 2.05) is 22.1 Å². The second-order valence-corrected chi connectivity index (χ2v) is 5.84. The molecule has 2 fully saturated rings. The van der Waals surface area contributed by atoms with Gasteiger partial charge in [-0.15, -0.1) is 0 Å². The average Bonchev–Trinajstić information content (AvgIpc) is 2.77. The maximum Gasteiger partial charge on any atom is 0.326 e. The quantitative estimate of drug-likeness (QED) is 0.818. The smallest absolute Gasteiger partial charge is 0.320 e. The number of rotatable bonds is 2. The predicted molar refractivity (Wildman–Crippen MR) is 75.4 cm³/mol. The second-order valence-electron chi connectivity index (χ2n) is 5.84. The van der Waals surface area contributed by atoms with E-state index in [0.29, 0.717) is 12.0 Å². The molecule has 2 amide bonds. The number of urea groups is 1. The Hall–Kier alpha value is -1.58. The number of aromatic nitrogens is 1. The summed E-state index contributed by atoms with van der Waals surface area (Å²) in [6.07, 6.45) is 5.32. The first-order chi connectivity index (χ1) is 9.16. The van der Waals surface area contributed by atoms with Gasteiger partial charge in [0.1, 0.15) is 5.82 Å². The summed E-state index contributed by atoms with van der Waals surface area (Å²) >= 11 is 0. The molecule has 1 unspecified atom stereocenters. The molecule has 2 saturated heterocycles. The molecule has 19 heavy (non-hydrogen) atoms. The predicted octanol–water partition coefficient (Wildman–Crippen LogP) is 3.00. The SMILES string of the molecule is CC(C)c1ccnc(N2CC3CCCCN3C2=O)c1. The molecular weight excluding hydrogens is 238 g/mol. The van der Waals surface area contributed by atoms with Gasteiger partial charge < -0.3 is 4.90 Å². The van der Waals surface area contributed by atoms with E-state index in [2.05, 4.69) is 24.9 Å². The van der Waals surface area contributed by atoms with Crippen molar-refractivity contribution in [3.8, 4) is 0 Å². The van der Waals surface area contributed by atoms with Crippen molar-refractivity contribution in [1.82, 2.24) is 9.88 Å². The molecule has 0 N–H and O–H groups in total. The fourth-order valence-corrected chi connectivity index (χ4v) is 3.02. The molecular formula is C15H21N3O. The third-order valence-electron chi connectivity index (χ3n) is 4.21. The van der Waals surface area contributed by atoms with E-state index in [1.165, 1.54) is 12.0 Å². The summed E-state index contributed by atoms with van der Waals surface area (Å²) in [5.41, 5.74) is 1.24. The average molecular weight is 259 g/mol. The van der Waals surface area contributed by atoms with Crippen molar-refractivity contribution in [1.29, 1.82) is 0 Å². The fraction of sp³-hybridized carbons (Fsp3) is 0.600. The lowest BCUT2D eigenvalue weighted by Gasteiger charge is -2.27. The number of amides is 2. The standard InChI is InChI=1S/C15H21N3O/c1-11(2)12-6-7-16-14(9-12)18-10-13-5-3-4-8-17(13)15(18)19/h6-7,9,11,13H,3-5,8,10H2,1-2H3. The van der Waals surface area contributed by atoms with Gasteiger partial charge in [-0.05, 0) is 42.9 Å². The minimum absolute atomic E-state index is 0.137. The zero-order chi connectivity index (χ0) is 13.4. The molecule has 0 aromatic carbocycles. The van der Waals surface area contributed by atoms with Gasteiger partial charge in [-0.25, -0.2) is 9.78 Å². The summed E-state index contributed by atoms with van der Waals surface area (Å²) in [5.74, 6) is 1.27. The fourth-order valence-electron chi connectivity index (χ4n) is 3.02. The minimum atomic E-state index is 0.137. The van der Waals surface area contributed by atoms with E-state index < -0.39 is 0 Å². The van der Waals surface area contributed by atoms with Crippen LogP contribution in [0.4, 0.5) is 10.6 Å². The highest BCUT2D eigenvalue weighted by molar-refractivity contribution is 5.93. The zero-order valence-electron chi connectivity index (χ0n) is 11.7. The van der Waals surface area contributed by atoms with Gasteiger partial charge in [0.15, 0.2) is 0 Å². The number of hydrogen-bond acceptors (Lipinski definition) is 2. The number of piperidine rings is 1. The number of hydrogen-bond donors (Lipinski definition) is 0. The molecule has 4 heteroatoms. The molecule has 3 heterocycles. The third kappa shape index (κ3) is 2.20. The van der Waals surface area contributed by atoms with Crippen molar-refractivity contribution in [2.45, 2.75) is 45.1 Å². The molecule has 0 saturated carbocycles. The lowest BCUT2D eigenvalue weighted by Crippen LogP contribution is -2.38. The van der Waals surface area contributed by atoms with Gasteiger partial charge in [0.25, 0.3) is 0 Å². The maximum atomic E-state index is 12.4. The monoisotopic (exact) mass is 259 g/mol. The lowest BCUT2D eigenvalue weighted by atomic mass is 10.0. The van der Waals surface area contributed by atoms with Crippen LogP contribution in [-0.2, 0) is 0 Å². The van der Waals surface area contributed by atoms with Crippen molar-refractivity contribution in [3.05, 3.63) is 23.9 Å². The zero-order valence-corrected chi connectivity index (χ0v) is 11.7. The maximum absolute atomic E-state index is 12.4. The minimum Gasteiger partial charge on any atom is -0.320 e. The highest BCUT2D eigenvalue weighted by atomic mass is 16.2. The topological polar surface area (TPSA) is 36.4 Å². The molecule has 0 spiro atoms. The number of pyridine rings is 1. The first-order valence-corrected chi connectivity index (χ1v) is 7.21. The first-order valence-electron chi connectivity index (χ1n) is 7.21. The highest BCUT2D eigenvalue weighted by Crippen LogP contribution is 2.29. The number of nitrogens with zero attached hydrogens (tertiary/aromatic N) is 3. The van der Waals surface area contributed by atoms with Crippen molar-refractivity contribution in [2.24, 2.45) is 0 Å². The molecule has 4 nitrogen and oxygen atoms in total. The lowest BCUT2D eigenvalue weighted by molar-refractivity contribution is 0.187. The molecule has 0 radical (unpaired) electrons. The molecule has 1 aromatic rings. The van der Waals surface area contributed by atoms with Crippen molar-refractivity contribution in [2.75, 3.05) is 18.0 Å². The number of carbonyl (C=O) groups is 1. The molecule has 0 bridgehead atoms. The van der Waals surface area contributed by atoms with Crippen LogP contribution in [0.15, 0.2) is 18.3 Å². The Morgan fingerprint density at radius 1 is 1.37 bits per heavy atom. The molecule has 2 aliphatic rings. The van der Waals surface area contributed by atoms with Gasteiger partial charge in [0.05, 0.1) is 6.04 Å². The van der Waals surface area contributed by atoms with Gasteiger partial charge in [0, 0.05) is 19.3 Å². The second kappa shape index (κ2) is 4.83. The van der Waals surface area contributed by atoms with E-state index >= 15 is 0 Å². The Morgan fingerprint density at radius 2 is 2.21 bits per heavy atom. The summed E-state index contributed by atoms with van der Waals surface area (Å²) in [7, 11) is 0. The van der Waals surface area contributed by atoms with Crippen LogP contribution in [0.25, 0.3) is 0 Å². The van der Waals surface area contributed by atoms with Gasteiger partial charge >= 0.3 is 6.03 Å². The van der Waals surface area contributed by atoms with Crippen LogP contribution < -0.4 is 4.90 Å².